The molecule has 0 aliphatic carbocycles. The van der Waals surface area contributed by atoms with Crippen LogP contribution in [-0.4, -0.2) is 65.6 Å². The van der Waals surface area contributed by atoms with E-state index in [-0.39, 0.29) is 5.56 Å². The van der Waals surface area contributed by atoms with Crippen molar-refractivity contribution in [2.75, 3.05) is 43.4 Å². The number of hydrogen-bond acceptors (Lipinski definition) is 8. The lowest BCUT2D eigenvalue weighted by Gasteiger charge is -2.33. The topological polar surface area (TPSA) is 84.8 Å². The zero-order chi connectivity index (χ0) is 21.5. The van der Waals surface area contributed by atoms with Gasteiger partial charge in [0.2, 0.25) is 0 Å². The van der Waals surface area contributed by atoms with Gasteiger partial charge in [-0.05, 0) is 39.1 Å². The largest absolute Gasteiger partial charge is 0.585 e. The van der Waals surface area contributed by atoms with Gasteiger partial charge in [0, 0.05) is 33.2 Å². The molecule has 2 aromatic heterocycles. The molecular weight excluding hydrogens is 383 g/mol. The molecule has 2 fully saturated rings. The highest BCUT2D eigenvalue weighted by Crippen LogP contribution is 2.29. The van der Waals surface area contributed by atoms with Crippen LogP contribution >= 0.6 is 0 Å². The highest BCUT2D eigenvalue weighted by atomic mass is 16.7. The lowest BCUT2D eigenvalue weighted by Crippen LogP contribution is -2.44. The smallest absolute Gasteiger partial charge is 0.533 e. The minimum Gasteiger partial charge on any atom is -0.533 e. The Morgan fingerprint density at radius 2 is 1.93 bits per heavy atom. The van der Waals surface area contributed by atoms with E-state index in [2.05, 4.69) is 38.8 Å². The Morgan fingerprint density at radius 1 is 1.20 bits per heavy atom. The van der Waals surface area contributed by atoms with Gasteiger partial charge in [0.05, 0.1) is 17.6 Å². The third-order valence-electron chi connectivity index (χ3n) is 5.53. The molecule has 2 aliphatic rings. The fourth-order valence-corrected chi connectivity index (χ4v) is 3.44. The normalized spacial score (nSPS) is 19.1. The molecule has 0 aromatic carbocycles. The Bertz CT molecular complexity index is 999. The number of pyridine rings is 1. The maximum Gasteiger partial charge on any atom is 0.585 e. The number of nitrogens with one attached hydrogen (secondary N) is 1. The second-order valence-corrected chi connectivity index (χ2v) is 8.23. The van der Waals surface area contributed by atoms with Gasteiger partial charge >= 0.3 is 7.12 Å². The number of nitrogens with zero attached hydrogens (tertiary/aromatic N) is 5. The Balaban J connectivity index is 1.52. The summed E-state index contributed by atoms with van der Waals surface area (Å²) in [6, 6.07) is 5.53. The Kier molecular flexibility index (Phi) is 5.29. The number of aromatic nitrogens is 3. The van der Waals surface area contributed by atoms with Gasteiger partial charge in [-0.1, -0.05) is 6.58 Å². The fraction of sp³-hybridized carbons (Fsp3) is 0.450. The molecule has 0 bridgehead atoms. The van der Waals surface area contributed by atoms with Gasteiger partial charge in [0.15, 0.2) is 0 Å². The van der Waals surface area contributed by atoms with Crippen LogP contribution in [0, 0.1) is 0 Å². The van der Waals surface area contributed by atoms with Crippen molar-refractivity contribution in [1.82, 2.24) is 19.7 Å². The molecule has 0 amide bonds. The minimum absolute atomic E-state index is 0.264. The SMILES string of the molecule is C=C1OB(c2cc(Nc3ccc(N4CCN(C)CC4)cn3)c(=O)n(C)n2)OC1(C)C. The summed E-state index contributed by atoms with van der Waals surface area (Å²) in [5.41, 5.74) is 1.03. The number of rotatable bonds is 4. The molecule has 0 saturated carbocycles. The summed E-state index contributed by atoms with van der Waals surface area (Å²) >= 11 is 0. The molecule has 2 aromatic rings. The predicted octanol–water partition coefficient (Wildman–Crippen LogP) is 0.705. The minimum atomic E-state index is -0.715. The molecule has 0 spiro atoms. The molecule has 30 heavy (non-hydrogen) atoms. The summed E-state index contributed by atoms with van der Waals surface area (Å²) < 4.78 is 12.9. The molecule has 1 N–H and O–H groups in total. The van der Waals surface area contributed by atoms with E-state index in [1.165, 1.54) is 4.68 Å². The van der Waals surface area contributed by atoms with Crippen LogP contribution in [0.5, 0.6) is 0 Å². The van der Waals surface area contributed by atoms with E-state index in [1.807, 2.05) is 32.2 Å². The van der Waals surface area contributed by atoms with Crippen LogP contribution in [-0.2, 0) is 16.4 Å². The average Bonchev–Trinajstić information content (AvgIpc) is 2.99. The van der Waals surface area contributed by atoms with Gasteiger partial charge in [-0.2, -0.15) is 5.10 Å². The zero-order valence-electron chi connectivity index (χ0n) is 17.9. The molecule has 2 aliphatic heterocycles. The number of anilines is 3. The molecule has 0 unspecified atom stereocenters. The van der Waals surface area contributed by atoms with Crippen molar-refractivity contribution >= 4 is 29.9 Å². The summed E-state index contributed by atoms with van der Waals surface area (Å²) in [4.78, 5) is 21.7. The van der Waals surface area contributed by atoms with Crippen molar-refractivity contribution in [3.63, 3.8) is 0 Å². The van der Waals surface area contributed by atoms with E-state index in [0.717, 1.165) is 31.9 Å². The summed E-state index contributed by atoms with van der Waals surface area (Å²) in [5, 5.41) is 7.38. The van der Waals surface area contributed by atoms with Gasteiger partial charge in [0.1, 0.15) is 22.7 Å². The Morgan fingerprint density at radius 3 is 2.53 bits per heavy atom. The van der Waals surface area contributed by atoms with Crippen molar-refractivity contribution in [3.05, 3.63) is 47.1 Å². The van der Waals surface area contributed by atoms with Crippen LogP contribution in [0.3, 0.4) is 0 Å². The summed E-state index contributed by atoms with van der Waals surface area (Å²) in [5.74, 6) is 1.11. The maximum absolute atomic E-state index is 12.6. The first-order chi connectivity index (χ1) is 14.2. The van der Waals surface area contributed by atoms with E-state index in [0.29, 0.717) is 22.9 Å². The quantitative estimate of drug-likeness (QED) is 0.738. The summed E-state index contributed by atoms with van der Waals surface area (Å²) in [6.45, 7) is 11.7. The van der Waals surface area contributed by atoms with Crippen molar-refractivity contribution in [1.29, 1.82) is 0 Å². The highest BCUT2D eigenvalue weighted by Gasteiger charge is 2.44. The predicted molar refractivity (Wildman–Crippen MR) is 117 cm³/mol. The monoisotopic (exact) mass is 410 g/mol. The van der Waals surface area contributed by atoms with Crippen LogP contribution in [0.25, 0.3) is 0 Å². The van der Waals surface area contributed by atoms with Gasteiger partial charge in [0.25, 0.3) is 5.56 Å². The first-order valence-corrected chi connectivity index (χ1v) is 10.0. The van der Waals surface area contributed by atoms with Gasteiger partial charge in [-0.3, -0.25) is 4.79 Å². The van der Waals surface area contributed by atoms with Crippen molar-refractivity contribution in [2.45, 2.75) is 19.4 Å². The molecule has 2 saturated heterocycles. The number of piperazine rings is 1. The first-order valence-electron chi connectivity index (χ1n) is 10.0. The summed E-state index contributed by atoms with van der Waals surface area (Å²) in [6.07, 6.45) is 1.83. The van der Waals surface area contributed by atoms with E-state index in [1.54, 1.807) is 13.1 Å². The zero-order valence-corrected chi connectivity index (χ0v) is 17.9. The lowest BCUT2D eigenvalue weighted by molar-refractivity contribution is 0.172. The third-order valence-corrected chi connectivity index (χ3v) is 5.53. The lowest BCUT2D eigenvalue weighted by atomic mass is 9.84. The van der Waals surface area contributed by atoms with E-state index < -0.39 is 12.7 Å². The Hall–Kier alpha value is -2.85. The van der Waals surface area contributed by atoms with Gasteiger partial charge in [-0.25, -0.2) is 9.67 Å². The van der Waals surface area contributed by atoms with Crippen molar-refractivity contribution < 1.29 is 9.31 Å². The molecular formula is C20H27BN6O3. The number of hydrogen-bond donors (Lipinski definition) is 1. The Labute approximate surface area is 176 Å². The second-order valence-electron chi connectivity index (χ2n) is 8.23. The first kappa shape index (κ1) is 20.4. The van der Waals surface area contributed by atoms with E-state index in [9.17, 15) is 4.79 Å². The average molecular weight is 410 g/mol. The molecule has 158 valence electrons. The number of aryl methyl sites for hydroxylation is 1. The van der Waals surface area contributed by atoms with E-state index in [4.69, 9.17) is 9.31 Å². The molecule has 9 nitrogen and oxygen atoms in total. The van der Waals surface area contributed by atoms with Crippen molar-refractivity contribution in [3.8, 4) is 0 Å². The van der Waals surface area contributed by atoms with Crippen molar-refractivity contribution in [2.24, 2.45) is 7.05 Å². The molecule has 0 atom stereocenters. The van der Waals surface area contributed by atoms with Crippen LogP contribution in [0.4, 0.5) is 17.2 Å². The maximum atomic E-state index is 12.6. The fourth-order valence-electron chi connectivity index (χ4n) is 3.44. The van der Waals surface area contributed by atoms with E-state index >= 15 is 0 Å². The van der Waals surface area contributed by atoms with Crippen LogP contribution in [0.1, 0.15) is 13.8 Å². The summed E-state index contributed by atoms with van der Waals surface area (Å²) in [7, 11) is 3.01. The highest BCUT2D eigenvalue weighted by molar-refractivity contribution is 6.61. The van der Waals surface area contributed by atoms with Gasteiger partial charge in [-0.15, -0.1) is 0 Å². The molecule has 0 radical (unpaired) electrons. The number of likely N-dealkylation sites (N-methyl/N-ethyl adjacent to an activating group) is 1. The van der Waals surface area contributed by atoms with Crippen LogP contribution in [0.15, 0.2) is 41.5 Å². The second kappa shape index (κ2) is 7.77. The molecule has 10 heteroatoms. The van der Waals surface area contributed by atoms with Crippen LogP contribution in [0.2, 0.25) is 0 Å². The molecule has 4 heterocycles. The molecule has 4 rings (SSSR count). The third kappa shape index (κ3) is 4.06. The van der Waals surface area contributed by atoms with Gasteiger partial charge < -0.3 is 24.4 Å². The standard InChI is InChI=1S/C20H27BN6O3/c1-14-20(2,3)30-21(29-14)17-12-16(19(28)26(5)24-17)23-18-7-6-15(13-22-18)27-10-8-25(4)9-11-27/h6-7,12-13H,1,8-11H2,2-5H3,(H,22,23). The van der Waals surface area contributed by atoms with Crippen LogP contribution < -0.4 is 21.4 Å².